The molecule has 1 saturated heterocycles. The molecule has 3 N–H and O–H groups in total. The van der Waals surface area contributed by atoms with Crippen LogP contribution in [0.15, 0.2) is 12.2 Å². The fourth-order valence-corrected chi connectivity index (χ4v) is 2.73. The van der Waals surface area contributed by atoms with Gasteiger partial charge in [0.05, 0.1) is 19.1 Å². The lowest BCUT2D eigenvalue weighted by molar-refractivity contribution is -0.150. The van der Waals surface area contributed by atoms with Crippen LogP contribution < -0.4 is 11.1 Å². The van der Waals surface area contributed by atoms with Gasteiger partial charge in [-0.05, 0) is 19.3 Å². The molecule has 3 aliphatic rings. The summed E-state index contributed by atoms with van der Waals surface area (Å²) in [5.74, 6) is -0.292. The molecule has 1 saturated carbocycles. The van der Waals surface area contributed by atoms with Gasteiger partial charge in [0.1, 0.15) is 6.04 Å². The van der Waals surface area contributed by atoms with Gasteiger partial charge < -0.3 is 20.7 Å². The maximum absolute atomic E-state index is 12.5. The van der Waals surface area contributed by atoms with Crippen LogP contribution >= 0.6 is 0 Å². The zero-order valence-electron chi connectivity index (χ0n) is 11.5. The molecule has 110 valence electrons. The van der Waals surface area contributed by atoms with Gasteiger partial charge in [-0.25, -0.2) is 0 Å². The lowest BCUT2D eigenvalue weighted by Crippen LogP contribution is -2.57. The summed E-state index contributed by atoms with van der Waals surface area (Å²) in [5.41, 5.74) is 5.80. The highest BCUT2D eigenvalue weighted by atomic mass is 16.5. The zero-order chi connectivity index (χ0) is 14.1. The van der Waals surface area contributed by atoms with E-state index in [1.165, 1.54) is 0 Å². The molecule has 1 heterocycles. The SMILES string of the molecule is NC1C=CC(C(=O)N2CCOCC2C(=O)NC2CC2)C1. The van der Waals surface area contributed by atoms with Crippen LogP contribution in [0.3, 0.4) is 0 Å². The number of carbonyl (C=O) groups excluding carboxylic acids is 2. The molecule has 3 unspecified atom stereocenters. The number of morpholine rings is 1. The van der Waals surface area contributed by atoms with Gasteiger partial charge in [0.2, 0.25) is 11.8 Å². The van der Waals surface area contributed by atoms with E-state index in [4.69, 9.17) is 10.5 Å². The van der Waals surface area contributed by atoms with Crippen molar-refractivity contribution in [1.29, 1.82) is 0 Å². The third-order valence-electron chi connectivity index (χ3n) is 4.07. The fourth-order valence-electron chi connectivity index (χ4n) is 2.73. The maximum Gasteiger partial charge on any atom is 0.245 e. The Balaban J connectivity index is 1.66. The molecular formula is C14H21N3O3. The molecule has 0 radical (unpaired) electrons. The Hall–Kier alpha value is -1.40. The van der Waals surface area contributed by atoms with Crippen LogP contribution in [0.25, 0.3) is 0 Å². The third kappa shape index (κ3) is 2.86. The first-order chi connectivity index (χ1) is 9.65. The first-order valence-corrected chi connectivity index (χ1v) is 7.27. The Morgan fingerprint density at radius 2 is 2.10 bits per heavy atom. The molecule has 0 bridgehead atoms. The molecule has 2 amide bonds. The third-order valence-corrected chi connectivity index (χ3v) is 4.07. The predicted octanol–water partition coefficient (Wildman–Crippen LogP) is -0.604. The number of amides is 2. The minimum absolute atomic E-state index is 0.00607. The lowest BCUT2D eigenvalue weighted by atomic mass is 10.0. The van der Waals surface area contributed by atoms with Crippen molar-refractivity contribution in [2.75, 3.05) is 19.8 Å². The minimum Gasteiger partial charge on any atom is -0.377 e. The Kier molecular flexibility index (Phi) is 3.76. The van der Waals surface area contributed by atoms with Crippen LogP contribution in [0.5, 0.6) is 0 Å². The van der Waals surface area contributed by atoms with Crippen LogP contribution in [0, 0.1) is 5.92 Å². The van der Waals surface area contributed by atoms with Gasteiger partial charge in [0, 0.05) is 18.6 Å². The Morgan fingerprint density at radius 3 is 2.75 bits per heavy atom. The van der Waals surface area contributed by atoms with Gasteiger partial charge in [-0.2, -0.15) is 0 Å². The summed E-state index contributed by atoms with van der Waals surface area (Å²) in [6, 6.07) is -0.257. The fraction of sp³-hybridized carbons (Fsp3) is 0.714. The van der Waals surface area contributed by atoms with E-state index in [0.29, 0.717) is 25.6 Å². The molecular weight excluding hydrogens is 258 g/mol. The van der Waals surface area contributed by atoms with Crippen molar-refractivity contribution in [1.82, 2.24) is 10.2 Å². The lowest BCUT2D eigenvalue weighted by Gasteiger charge is -2.36. The molecule has 0 aromatic carbocycles. The molecule has 2 fully saturated rings. The van der Waals surface area contributed by atoms with Gasteiger partial charge in [-0.15, -0.1) is 0 Å². The van der Waals surface area contributed by atoms with Gasteiger partial charge in [-0.1, -0.05) is 12.2 Å². The number of ether oxygens (including phenoxy) is 1. The molecule has 6 heteroatoms. The van der Waals surface area contributed by atoms with Crippen LogP contribution in [0.4, 0.5) is 0 Å². The van der Waals surface area contributed by atoms with E-state index >= 15 is 0 Å². The standard InChI is InChI=1S/C14H21N3O3/c15-10-2-1-9(7-10)14(19)17-5-6-20-8-12(17)13(18)16-11-3-4-11/h1-2,9-12H,3-8,15H2,(H,16,18). The zero-order valence-corrected chi connectivity index (χ0v) is 11.5. The van der Waals surface area contributed by atoms with Crippen LogP contribution in [0.2, 0.25) is 0 Å². The second-order valence-corrected chi connectivity index (χ2v) is 5.80. The molecule has 0 aromatic rings. The second-order valence-electron chi connectivity index (χ2n) is 5.80. The molecule has 20 heavy (non-hydrogen) atoms. The number of nitrogens with one attached hydrogen (secondary N) is 1. The second kappa shape index (κ2) is 5.54. The van der Waals surface area contributed by atoms with E-state index in [2.05, 4.69) is 5.32 Å². The van der Waals surface area contributed by atoms with E-state index in [9.17, 15) is 9.59 Å². The first kappa shape index (κ1) is 13.6. The number of nitrogens with two attached hydrogens (primary N) is 1. The van der Waals surface area contributed by atoms with Gasteiger partial charge in [-0.3, -0.25) is 9.59 Å². The highest BCUT2D eigenvalue weighted by Gasteiger charge is 2.38. The smallest absolute Gasteiger partial charge is 0.245 e. The van der Waals surface area contributed by atoms with Crippen LogP contribution in [0.1, 0.15) is 19.3 Å². The van der Waals surface area contributed by atoms with Gasteiger partial charge in [0.25, 0.3) is 0 Å². The van der Waals surface area contributed by atoms with Crippen molar-refractivity contribution in [3.8, 4) is 0 Å². The summed E-state index contributed by atoms with van der Waals surface area (Å²) in [7, 11) is 0. The minimum atomic E-state index is -0.498. The Labute approximate surface area is 118 Å². The van der Waals surface area contributed by atoms with Crippen molar-refractivity contribution >= 4 is 11.8 Å². The maximum atomic E-state index is 12.5. The first-order valence-electron chi connectivity index (χ1n) is 7.27. The van der Waals surface area contributed by atoms with E-state index in [1.54, 1.807) is 4.90 Å². The summed E-state index contributed by atoms with van der Waals surface area (Å²) in [4.78, 5) is 26.4. The summed E-state index contributed by atoms with van der Waals surface area (Å²) in [6.45, 7) is 1.25. The average Bonchev–Trinajstić information content (AvgIpc) is 3.16. The molecule has 6 nitrogen and oxygen atoms in total. The van der Waals surface area contributed by atoms with Gasteiger partial charge in [0.15, 0.2) is 0 Å². The topological polar surface area (TPSA) is 84.7 Å². The quantitative estimate of drug-likeness (QED) is 0.675. The number of hydrogen-bond donors (Lipinski definition) is 2. The normalized spacial score (nSPS) is 33.2. The van der Waals surface area contributed by atoms with Crippen molar-refractivity contribution in [2.45, 2.75) is 37.4 Å². The number of hydrogen-bond acceptors (Lipinski definition) is 4. The van der Waals surface area contributed by atoms with Crippen molar-refractivity contribution in [3.05, 3.63) is 12.2 Å². The number of carbonyl (C=O) groups is 2. The van der Waals surface area contributed by atoms with E-state index in [1.807, 2.05) is 12.2 Å². The van der Waals surface area contributed by atoms with Crippen LogP contribution in [-0.4, -0.2) is 54.6 Å². The average molecular weight is 279 g/mol. The van der Waals surface area contributed by atoms with E-state index in [-0.39, 0.29) is 30.4 Å². The largest absolute Gasteiger partial charge is 0.377 e. The molecule has 2 aliphatic carbocycles. The Morgan fingerprint density at radius 1 is 1.30 bits per heavy atom. The summed E-state index contributed by atoms with van der Waals surface area (Å²) in [5, 5.41) is 2.95. The highest BCUT2D eigenvalue weighted by Crippen LogP contribution is 2.23. The Bertz CT molecular complexity index is 433. The number of nitrogens with zero attached hydrogens (tertiary/aromatic N) is 1. The van der Waals surface area contributed by atoms with Crippen molar-refractivity contribution in [3.63, 3.8) is 0 Å². The molecule has 1 aliphatic heterocycles. The monoisotopic (exact) mass is 279 g/mol. The van der Waals surface area contributed by atoms with E-state index < -0.39 is 6.04 Å². The van der Waals surface area contributed by atoms with Crippen molar-refractivity contribution < 1.29 is 14.3 Å². The van der Waals surface area contributed by atoms with Gasteiger partial charge >= 0.3 is 0 Å². The molecule has 3 atom stereocenters. The van der Waals surface area contributed by atoms with Crippen molar-refractivity contribution in [2.24, 2.45) is 11.7 Å². The summed E-state index contributed by atoms with van der Waals surface area (Å²) in [6.07, 6.45) is 6.43. The summed E-state index contributed by atoms with van der Waals surface area (Å²) >= 11 is 0. The highest BCUT2D eigenvalue weighted by molar-refractivity contribution is 5.90. The molecule has 0 aromatic heterocycles. The van der Waals surface area contributed by atoms with Crippen LogP contribution in [-0.2, 0) is 14.3 Å². The molecule has 0 spiro atoms. The molecule has 3 rings (SSSR count). The van der Waals surface area contributed by atoms with E-state index in [0.717, 1.165) is 12.8 Å². The number of rotatable bonds is 3. The predicted molar refractivity (Wildman–Crippen MR) is 72.7 cm³/mol. The summed E-state index contributed by atoms with van der Waals surface area (Å²) < 4.78 is 5.37.